The summed E-state index contributed by atoms with van der Waals surface area (Å²) in [7, 11) is 0. The molecule has 0 saturated carbocycles. The van der Waals surface area contributed by atoms with Gasteiger partial charge in [0.05, 0.1) is 5.69 Å². The van der Waals surface area contributed by atoms with Crippen LogP contribution in [-0.2, 0) is 6.42 Å². The molecule has 17 heavy (non-hydrogen) atoms. The van der Waals surface area contributed by atoms with Gasteiger partial charge in [0, 0.05) is 44.8 Å². The molecule has 94 valence electrons. The summed E-state index contributed by atoms with van der Waals surface area (Å²) < 4.78 is 0. The molecule has 0 unspecified atom stereocenters. The number of carbonyl (C=O) groups is 1. The molecule has 0 radical (unpaired) electrons. The number of aryl methyl sites for hydroxylation is 1. The van der Waals surface area contributed by atoms with Crippen LogP contribution < -0.4 is 5.32 Å². The Balaban J connectivity index is 1.96. The lowest BCUT2D eigenvalue weighted by Crippen LogP contribution is -2.44. The molecular formula is C11H18N4O2. The van der Waals surface area contributed by atoms with Gasteiger partial charge < -0.3 is 15.3 Å². The first-order valence-electron chi connectivity index (χ1n) is 5.88. The van der Waals surface area contributed by atoms with Gasteiger partial charge in [0.1, 0.15) is 5.56 Å². The van der Waals surface area contributed by atoms with Crippen LogP contribution in [0, 0.1) is 6.92 Å². The number of carboxylic acid groups (broad SMARTS) is 1. The van der Waals surface area contributed by atoms with Crippen LogP contribution in [0.5, 0.6) is 0 Å². The van der Waals surface area contributed by atoms with Gasteiger partial charge in [0.15, 0.2) is 0 Å². The molecule has 1 saturated heterocycles. The maximum atomic E-state index is 11.1. The van der Waals surface area contributed by atoms with Gasteiger partial charge in [-0.1, -0.05) is 0 Å². The molecule has 1 aliphatic heterocycles. The number of carboxylic acids is 1. The minimum absolute atomic E-state index is 0.333. The van der Waals surface area contributed by atoms with E-state index in [0.29, 0.717) is 23.4 Å². The van der Waals surface area contributed by atoms with E-state index < -0.39 is 5.97 Å². The van der Waals surface area contributed by atoms with Gasteiger partial charge in [-0.3, -0.25) is 5.10 Å². The van der Waals surface area contributed by atoms with E-state index in [1.807, 2.05) is 0 Å². The van der Waals surface area contributed by atoms with Crippen LogP contribution in [0.2, 0.25) is 0 Å². The van der Waals surface area contributed by atoms with Crippen molar-refractivity contribution in [3.05, 3.63) is 17.0 Å². The number of hydrogen-bond donors (Lipinski definition) is 3. The Kier molecular flexibility index (Phi) is 3.75. The Morgan fingerprint density at radius 3 is 2.82 bits per heavy atom. The molecule has 6 heteroatoms. The monoisotopic (exact) mass is 238 g/mol. The largest absolute Gasteiger partial charge is 0.478 e. The highest BCUT2D eigenvalue weighted by atomic mass is 16.4. The zero-order chi connectivity index (χ0) is 12.3. The van der Waals surface area contributed by atoms with E-state index >= 15 is 0 Å². The minimum Gasteiger partial charge on any atom is -0.478 e. The lowest BCUT2D eigenvalue weighted by atomic mass is 10.1. The molecular weight excluding hydrogens is 220 g/mol. The summed E-state index contributed by atoms with van der Waals surface area (Å²) in [6.45, 7) is 6.66. The number of aromatic carboxylic acids is 1. The first kappa shape index (κ1) is 12.1. The fourth-order valence-corrected chi connectivity index (χ4v) is 2.14. The maximum Gasteiger partial charge on any atom is 0.339 e. The summed E-state index contributed by atoms with van der Waals surface area (Å²) in [5.74, 6) is -0.897. The number of aromatic amines is 1. The average molecular weight is 238 g/mol. The van der Waals surface area contributed by atoms with Gasteiger partial charge in [0.25, 0.3) is 0 Å². The summed E-state index contributed by atoms with van der Waals surface area (Å²) in [5, 5.41) is 19.2. The van der Waals surface area contributed by atoms with E-state index in [2.05, 4.69) is 20.4 Å². The summed E-state index contributed by atoms with van der Waals surface area (Å²) in [4.78, 5) is 13.4. The van der Waals surface area contributed by atoms with E-state index in [0.717, 1.165) is 32.7 Å². The van der Waals surface area contributed by atoms with Crippen LogP contribution in [0.15, 0.2) is 0 Å². The number of nitrogens with zero attached hydrogens (tertiary/aromatic N) is 2. The summed E-state index contributed by atoms with van der Waals surface area (Å²) in [5.41, 5.74) is 1.63. The van der Waals surface area contributed by atoms with Crippen molar-refractivity contribution in [3.63, 3.8) is 0 Å². The molecule has 0 bridgehead atoms. The Bertz CT molecular complexity index is 396. The Morgan fingerprint density at radius 1 is 1.47 bits per heavy atom. The third-order valence-electron chi connectivity index (χ3n) is 3.11. The minimum atomic E-state index is -0.897. The van der Waals surface area contributed by atoms with E-state index in [-0.39, 0.29) is 0 Å². The molecule has 2 rings (SSSR count). The highest BCUT2D eigenvalue weighted by Gasteiger charge is 2.18. The molecule has 2 heterocycles. The van der Waals surface area contributed by atoms with Crippen LogP contribution in [0.3, 0.4) is 0 Å². The van der Waals surface area contributed by atoms with Crippen molar-refractivity contribution in [1.82, 2.24) is 20.4 Å². The number of hydrogen-bond acceptors (Lipinski definition) is 4. The van der Waals surface area contributed by atoms with E-state index in [9.17, 15) is 4.79 Å². The topological polar surface area (TPSA) is 81.2 Å². The zero-order valence-electron chi connectivity index (χ0n) is 9.99. The second-order valence-corrected chi connectivity index (χ2v) is 4.32. The predicted molar refractivity (Wildman–Crippen MR) is 63.3 cm³/mol. The lowest BCUT2D eigenvalue weighted by Gasteiger charge is -2.26. The standard InChI is InChI=1S/C11H18N4O2/c1-8-10(11(16)17)9(14-13-8)2-5-15-6-3-12-4-7-15/h12H,2-7H2,1H3,(H,13,14)(H,16,17). The molecule has 0 amide bonds. The molecule has 1 fully saturated rings. The molecule has 0 aromatic carbocycles. The zero-order valence-corrected chi connectivity index (χ0v) is 9.99. The normalized spacial score (nSPS) is 17.2. The van der Waals surface area contributed by atoms with Crippen LogP contribution in [0.25, 0.3) is 0 Å². The first-order valence-corrected chi connectivity index (χ1v) is 5.88. The maximum absolute atomic E-state index is 11.1. The highest BCUT2D eigenvalue weighted by molar-refractivity contribution is 5.90. The van der Waals surface area contributed by atoms with Gasteiger partial charge in [-0.15, -0.1) is 0 Å². The van der Waals surface area contributed by atoms with Crippen molar-refractivity contribution in [2.45, 2.75) is 13.3 Å². The second-order valence-electron chi connectivity index (χ2n) is 4.32. The average Bonchev–Trinajstić information content (AvgIpc) is 2.69. The van der Waals surface area contributed by atoms with E-state index in [1.54, 1.807) is 6.92 Å². The summed E-state index contributed by atoms with van der Waals surface area (Å²) >= 11 is 0. The predicted octanol–water partition coefficient (Wildman–Crippen LogP) is -0.136. The van der Waals surface area contributed by atoms with Gasteiger partial charge in [-0.05, 0) is 6.92 Å². The van der Waals surface area contributed by atoms with Crippen LogP contribution in [0.4, 0.5) is 0 Å². The Hall–Kier alpha value is -1.40. The van der Waals surface area contributed by atoms with Crippen molar-refractivity contribution in [3.8, 4) is 0 Å². The van der Waals surface area contributed by atoms with Crippen LogP contribution >= 0.6 is 0 Å². The van der Waals surface area contributed by atoms with Gasteiger partial charge in [-0.2, -0.15) is 5.10 Å². The highest BCUT2D eigenvalue weighted by Crippen LogP contribution is 2.11. The van der Waals surface area contributed by atoms with Crippen LogP contribution in [-0.4, -0.2) is 58.9 Å². The quantitative estimate of drug-likeness (QED) is 0.680. The molecule has 0 aliphatic carbocycles. The van der Waals surface area contributed by atoms with Gasteiger partial charge in [0.2, 0.25) is 0 Å². The molecule has 0 atom stereocenters. The van der Waals surface area contributed by atoms with E-state index in [4.69, 9.17) is 5.11 Å². The Morgan fingerprint density at radius 2 is 2.18 bits per heavy atom. The molecule has 1 aliphatic rings. The third-order valence-corrected chi connectivity index (χ3v) is 3.11. The molecule has 1 aromatic rings. The fraction of sp³-hybridized carbons (Fsp3) is 0.636. The van der Waals surface area contributed by atoms with Gasteiger partial charge in [-0.25, -0.2) is 4.79 Å². The van der Waals surface area contributed by atoms with Crippen molar-refractivity contribution in [1.29, 1.82) is 0 Å². The molecule has 6 nitrogen and oxygen atoms in total. The second kappa shape index (κ2) is 5.29. The fourth-order valence-electron chi connectivity index (χ4n) is 2.14. The number of nitrogens with one attached hydrogen (secondary N) is 2. The molecule has 3 N–H and O–H groups in total. The summed E-state index contributed by atoms with van der Waals surface area (Å²) in [6, 6.07) is 0. The van der Waals surface area contributed by atoms with Crippen LogP contribution in [0.1, 0.15) is 21.7 Å². The number of H-pyrrole nitrogens is 1. The lowest BCUT2D eigenvalue weighted by molar-refractivity contribution is 0.0694. The molecule has 0 spiro atoms. The van der Waals surface area contributed by atoms with Crippen molar-refractivity contribution < 1.29 is 9.90 Å². The smallest absolute Gasteiger partial charge is 0.339 e. The van der Waals surface area contributed by atoms with Crippen molar-refractivity contribution in [2.24, 2.45) is 0 Å². The third kappa shape index (κ3) is 2.83. The number of rotatable bonds is 4. The SMILES string of the molecule is Cc1[nH]nc(CCN2CCNCC2)c1C(=O)O. The van der Waals surface area contributed by atoms with Crippen molar-refractivity contribution >= 4 is 5.97 Å². The molecule has 1 aromatic heterocycles. The number of aromatic nitrogens is 2. The van der Waals surface area contributed by atoms with E-state index in [1.165, 1.54) is 0 Å². The first-order chi connectivity index (χ1) is 8.18. The Labute approximate surface area is 100 Å². The van der Waals surface area contributed by atoms with Gasteiger partial charge >= 0.3 is 5.97 Å². The van der Waals surface area contributed by atoms with Crippen molar-refractivity contribution in [2.75, 3.05) is 32.7 Å². The number of piperazine rings is 1. The summed E-state index contributed by atoms with van der Waals surface area (Å²) in [6.07, 6.45) is 0.686.